The van der Waals surface area contributed by atoms with Crippen LogP contribution in [0.3, 0.4) is 0 Å². The first kappa shape index (κ1) is 12.9. The highest BCUT2D eigenvalue weighted by molar-refractivity contribution is 8.06. The summed E-state index contributed by atoms with van der Waals surface area (Å²) in [6.45, 7) is 1.28. The summed E-state index contributed by atoms with van der Waals surface area (Å²) in [5.74, 6) is 0. The first-order chi connectivity index (χ1) is 8.14. The van der Waals surface area contributed by atoms with E-state index in [-0.39, 0.29) is 5.69 Å². The van der Waals surface area contributed by atoms with Crippen molar-refractivity contribution >= 4 is 20.6 Å². The molecule has 1 aliphatic rings. The van der Waals surface area contributed by atoms with Gasteiger partial charge in [-0.05, 0) is 25.1 Å². The summed E-state index contributed by atoms with van der Waals surface area (Å²) in [6, 6.07) is 1.06. The van der Waals surface area contributed by atoms with E-state index >= 15 is 0 Å². The number of hydrogen-bond acceptors (Lipinski definition) is 4. The first-order valence-electron chi connectivity index (χ1n) is 4.91. The standard InChI is InChI=1S/C10H8F3NO3S/c1-5-9(15)18(16,17)8-3-2-6(10(11,12)13)4-7(8)14-5/h2-5,14H,1H3. The fraction of sp³-hybridized carbons (Fsp3) is 0.300. The van der Waals surface area contributed by atoms with Gasteiger partial charge >= 0.3 is 6.18 Å². The van der Waals surface area contributed by atoms with Crippen molar-refractivity contribution in [2.75, 3.05) is 5.32 Å². The highest BCUT2D eigenvalue weighted by Crippen LogP contribution is 2.36. The van der Waals surface area contributed by atoms with Crippen LogP contribution in [0, 0.1) is 0 Å². The lowest BCUT2D eigenvalue weighted by Crippen LogP contribution is -2.37. The maximum atomic E-state index is 12.5. The highest BCUT2D eigenvalue weighted by atomic mass is 32.2. The molecule has 1 heterocycles. The highest BCUT2D eigenvalue weighted by Gasteiger charge is 2.39. The summed E-state index contributed by atoms with van der Waals surface area (Å²) in [4.78, 5) is 11.0. The number of nitrogens with one attached hydrogen (secondary N) is 1. The van der Waals surface area contributed by atoms with Gasteiger partial charge in [-0.1, -0.05) is 0 Å². The van der Waals surface area contributed by atoms with E-state index in [1.165, 1.54) is 6.92 Å². The van der Waals surface area contributed by atoms with Crippen LogP contribution in [0.15, 0.2) is 23.1 Å². The number of halogens is 3. The third kappa shape index (κ3) is 1.86. The number of rotatable bonds is 0. The Morgan fingerprint density at radius 1 is 1.28 bits per heavy atom. The second kappa shape index (κ2) is 3.71. The van der Waals surface area contributed by atoms with E-state index in [4.69, 9.17) is 0 Å². The maximum absolute atomic E-state index is 12.5. The van der Waals surface area contributed by atoms with E-state index in [9.17, 15) is 26.4 Å². The Labute approximate surface area is 101 Å². The molecule has 8 heteroatoms. The van der Waals surface area contributed by atoms with Gasteiger partial charge in [0.15, 0.2) is 0 Å². The molecule has 0 saturated heterocycles. The molecule has 2 rings (SSSR count). The van der Waals surface area contributed by atoms with Gasteiger partial charge in [0.1, 0.15) is 0 Å². The van der Waals surface area contributed by atoms with Gasteiger partial charge in [0, 0.05) is 0 Å². The van der Waals surface area contributed by atoms with Gasteiger partial charge in [0.05, 0.1) is 22.2 Å². The second-order valence-electron chi connectivity index (χ2n) is 3.90. The normalized spacial score (nSPS) is 22.2. The summed E-state index contributed by atoms with van der Waals surface area (Å²) in [5, 5.41) is 1.40. The zero-order chi connectivity index (χ0) is 13.7. The number of alkyl halides is 3. The molecule has 0 fully saturated rings. The third-order valence-corrected chi connectivity index (χ3v) is 4.41. The second-order valence-corrected chi connectivity index (χ2v) is 5.75. The lowest BCUT2D eigenvalue weighted by molar-refractivity contribution is -0.137. The van der Waals surface area contributed by atoms with E-state index in [1.54, 1.807) is 0 Å². The molecule has 4 nitrogen and oxygen atoms in total. The van der Waals surface area contributed by atoms with Gasteiger partial charge in [-0.15, -0.1) is 0 Å². The Morgan fingerprint density at radius 2 is 1.89 bits per heavy atom. The maximum Gasteiger partial charge on any atom is 0.416 e. The zero-order valence-corrected chi connectivity index (χ0v) is 9.89. The largest absolute Gasteiger partial charge is 0.416 e. The molecule has 0 spiro atoms. The Hall–Kier alpha value is -1.57. The van der Waals surface area contributed by atoms with Crippen LogP contribution in [0.25, 0.3) is 0 Å². The van der Waals surface area contributed by atoms with Crippen LogP contribution in [0.4, 0.5) is 18.9 Å². The molecule has 98 valence electrons. The number of carbonyl (C=O) groups is 1. The molecule has 0 amide bonds. The molecule has 18 heavy (non-hydrogen) atoms. The number of benzene rings is 1. The molecule has 1 atom stereocenters. The molecule has 1 aromatic carbocycles. The van der Waals surface area contributed by atoms with Crippen molar-refractivity contribution in [3.63, 3.8) is 0 Å². The van der Waals surface area contributed by atoms with E-state index in [0.717, 1.165) is 6.07 Å². The van der Waals surface area contributed by atoms with Crippen molar-refractivity contribution in [2.45, 2.75) is 24.0 Å². The monoisotopic (exact) mass is 279 g/mol. The quantitative estimate of drug-likeness (QED) is 0.787. The van der Waals surface area contributed by atoms with E-state index in [2.05, 4.69) is 5.32 Å². The van der Waals surface area contributed by atoms with Crippen LogP contribution >= 0.6 is 0 Å². The van der Waals surface area contributed by atoms with Gasteiger partial charge in [0.25, 0.3) is 5.12 Å². The minimum Gasteiger partial charge on any atom is -0.373 e. The van der Waals surface area contributed by atoms with Crippen LogP contribution < -0.4 is 5.32 Å². The summed E-state index contributed by atoms with van der Waals surface area (Å²) in [6.07, 6.45) is -4.56. The number of carbonyl (C=O) groups excluding carboxylic acids is 1. The van der Waals surface area contributed by atoms with Crippen molar-refractivity contribution < 1.29 is 26.4 Å². The number of anilines is 1. The first-order valence-corrected chi connectivity index (χ1v) is 6.39. The van der Waals surface area contributed by atoms with Crippen molar-refractivity contribution in [1.82, 2.24) is 0 Å². The molecule has 1 N–H and O–H groups in total. The lowest BCUT2D eigenvalue weighted by Gasteiger charge is -2.23. The predicted octanol–water partition coefficient (Wildman–Crippen LogP) is 1.82. The van der Waals surface area contributed by atoms with Crippen molar-refractivity contribution in [1.29, 1.82) is 0 Å². The fourth-order valence-corrected chi connectivity index (χ4v) is 3.08. The minimum atomic E-state index is -4.56. The van der Waals surface area contributed by atoms with Crippen molar-refractivity contribution in [3.8, 4) is 0 Å². The topological polar surface area (TPSA) is 63.2 Å². The molecule has 0 aliphatic carbocycles. The average molecular weight is 279 g/mol. The van der Waals surface area contributed by atoms with Crippen LogP contribution in [0.5, 0.6) is 0 Å². The van der Waals surface area contributed by atoms with Crippen molar-refractivity contribution in [2.24, 2.45) is 0 Å². The smallest absolute Gasteiger partial charge is 0.373 e. The van der Waals surface area contributed by atoms with Crippen molar-refractivity contribution in [3.05, 3.63) is 23.8 Å². The van der Waals surface area contributed by atoms with Gasteiger partial charge in [-0.3, -0.25) is 4.79 Å². The zero-order valence-electron chi connectivity index (χ0n) is 9.08. The summed E-state index contributed by atoms with van der Waals surface area (Å²) in [5.41, 5.74) is -1.16. The Morgan fingerprint density at radius 3 is 2.44 bits per heavy atom. The summed E-state index contributed by atoms with van der Waals surface area (Å²) in [7, 11) is -4.20. The van der Waals surface area contributed by atoms with Crippen LogP contribution in [-0.2, 0) is 20.8 Å². The number of sulfone groups is 1. The Bertz CT molecular complexity index is 622. The Kier molecular flexibility index (Phi) is 2.65. The summed E-state index contributed by atoms with van der Waals surface area (Å²) >= 11 is 0. The van der Waals surface area contributed by atoms with Gasteiger partial charge < -0.3 is 5.32 Å². The molecule has 0 bridgehead atoms. The SMILES string of the molecule is CC1Nc2cc(C(F)(F)F)ccc2S(=O)(=O)C1=O. The van der Waals surface area contributed by atoms with Crippen LogP contribution in [-0.4, -0.2) is 19.6 Å². The van der Waals surface area contributed by atoms with Gasteiger partial charge in [0.2, 0.25) is 9.84 Å². The van der Waals surface area contributed by atoms with Gasteiger partial charge in [-0.2, -0.15) is 13.2 Å². The summed E-state index contributed by atoms with van der Waals surface area (Å²) < 4.78 is 60.8. The van der Waals surface area contributed by atoms with Gasteiger partial charge in [-0.25, -0.2) is 8.42 Å². The fourth-order valence-electron chi connectivity index (χ4n) is 1.69. The number of fused-ring (bicyclic) bond motifs is 1. The van der Waals surface area contributed by atoms with E-state index in [0.29, 0.717) is 12.1 Å². The molecular formula is C10H8F3NO3S. The number of hydrogen-bond donors (Lipinski definition) is 1. The molecule has 0 radical (unpaired) electrons. The van der Waals surface area contributed by atoms with E-state index < -0.39 is 37.6 Å². The van der Waals surface area contributed by atoms with Crippen LogP contribution in [0.1, 0.15) is 12.5 Å². The molecule has 1 aromatic rings. The predicted molar refractivity (Wildman–Crippen MR) is 56.7 cm³/mol. The average Bonchev–Trinajstić information content (AvgIpc) is 2.24. The molecule has 1 unspecified atom stereocenters. The molecular weight excluding hydrogens is 271 g/mol. The van der Waals surface area contributed by atoms with Crippen LogP contribution in [0.2, 0.25) is 0 Å². The molecule has 1 aliphatic heterocycles. The Balaban J connectivity index is 2.64. The minimum absolute atomic E-state index is 0.197. The third-order valence-electron chi connectivity index (χ3n) is 2.59. The van der Waals surface area contributed by atoms with E-state index in [1.807, 2.05) is 0 Å². The lowest BCUT2D eigenvalue weighted by atomic mass is 10.2. The molecule has 0 saturated carbocycles. The molecule has 0 aromatic heterocycles.